The number of nitrogens with zero attached hydrogens (tertiary/aromatic N) is 6. The molecular weight excluding hydrogens is 715 g/mol. The Bertz CT molecular complexity index is 2140. The van der Waals surface area contributed by atoms with Crippen LogP contribution in [0.1, 0.15) is 37.5 Å². The molecule has 54 heavy (non-hydrogen) atoms. The van der Waals surface area contributed by atoms with E-state index in [-0.39, 0.29) is 47.4 Å². The van der Waals surface area contributed by atoms with E-state index in [0.717, 1.165) is 18.7 Å². The maximum Gasteiger partial charge on any atom is 0.316 e. The van der Waals surface area contributed by atoms with Crippen molar-refractivity contribution in [1.29, 1.82) is 0 Å². The lowest BCUT2D eigenvalue weighted by Crippen LogP contribution is -2.52. The summed E-state index contributed by atoms with van der Waals surface area (Å²) in [6, 6.07) is 18.7. The van der Waals surface area contributed by atoms with Gasteiger partial charge in [0.25, 0.3) is 11.8 Å². The molecule has 14 heteroatoms. The largest absolute Gasteiger partial charge is 0.508 e. The van der Waals surface area contributed by atoms with Crippen molar-refractivity contribution in [3.05, 3.63) is 113 Å². The number of phenolic OH excluding ortho intramolecular Hbond substituents is 1. The van der Waals surface area contributed by atoms with Crippen LogP contribution in [0.2, 0.25) is 0 Å². The molecule has 2 amide bonds. The molecule has 2 aliphatic heterocycles. The maximum atomic E-state index is 15.7. The van der Waals surface area contributed by atoms with Crippen LogP contribution in [0, 0.1) is 12.7 Å². The van der Waals surface area contributed by atoms with Crippen LogP contribution in [0.15, 0.2) is 79.1 Å². The van der Waals surface area contributed by atoms with E-state index in [0.29, 0.717) is 66.6 Å². The van der Waals surface area contributed by atoms with Crippen molar-refractivity contribution in [2.45, 2.75) is 25.9 Å². The van der Waals surface area contributed by atoms with Gasteiger partial charge in [0.2, 0.25) is 0 Å². The number of aromatic hydroxyl groups is 1. The van der Waals surface area contributed by atoms with Crippen molar-refractivity contribution >= 4 is 35.6 Å². The van der Waals surface area contributed by atoms with E-state index in [4.69, 9.17) is 14.2 Å². The highest BCUT2D eigenvalue weighted by atomic mass is 35.5. The number of halogens is 2. The number of benzene rings is 3. The number of hydrogen-bond donors (Lipinski definition) is 1. The lowest BCUT2D eigenvalue weighted by molar-refractivity contribution is 0.0193. The van der Waals surface area contributed by atoms with Gasteiger partial charge < -0.3 is 28.8 Å². The van der Waals surface area contributed by atoms with Crippen LogP contribution in [0.5, 0.6) is 17.5 Å². The summed E-state index contributed by atoms with van der Waals surface area (Å²) in [5.41, 5.74) is 5.01. The monoisotopic (exact) mass is 756 g/mol. The predicted molar refractivity (Wildman–Crippen MR) is 204 cm³/mol. The molecule has 1 fully saturated rings. The molecule has 0 unspecified atom stereocenters. The minimum Gasteiger partial charge on any atom is -0.508 e. The smallest absolute Gasteiger partial charge is 0.316 e. The quantitative estimate of drug-likeness (QED) is 0.194. The lowest BCUT2D eigenvalue weighted by atomic mass is 9.92. The number of carbonyl (C=O) groups is 2. The van der Waals surface area contributed by atoms with Gasteiger partial charge in [0, 0.05) is 61.9 Å². The zero-order valence-corrected chi connectivity index (χ0v) is 31.3. The van der Waals surface area contributed by atoms with Gasteiger partial charge in [0.1, 0.15) is 5.75 Å². The number of morpholine rings is 1. The number of aromatic nitrogens is 3. The third-order valence-corrected chi connectivity index (χ3v) is 10.1. The standard InChI is InChI=1S/C40H41FN6O6.ClH/c1-25-32(39(50)47(28-9-11-31(48)12-10-28)30-21-42-40(52-4)43-22-30)19-36(44(25)2)33-18-35(41)37(51-3)20-34(33)38(49)46-23-27-8-6-5-7-26(27)17-29(46)24-45-13-15-53-16-14-45;/h5-12,18-22,29,48H,13-17,23-24H2,1-4H3;1H/t29-;/m0./s1. The normalized spacial score (nSPS) is 15.6. The molecule has 282 valence electrons. The van der Waals surface area contributed by atoms with Gasteiger partial charge in [-0.05, 0) is 66.9 Å². The second-order valence-corrected chi connectivity index (χ2v) is 13.2. The van der Waals surface area contributed by atoms with E-state index in [2.05, 4.69) is 20.9 Å². The van der Waals surface area contributed by atoms with Crippen molar-refractivity contribution in [3.8, 4) is 28.8 Å². The number of phenols is 1. The Morgan fingerprint density at radius 2 is 1.63 bits per heavy atom. The molecule has 12 nitrogen and oxygen atoms in total. The molecule has 0 radical (unpaired) electrons. The SMILES string of the molecule is COc1ncc(N(C(=O)c2cc(-c3cc(F)c(OC)cc3C(=O)N3Cc4ccccc4C[C@H]3CN3CCOCC3)n(C)c2C)c2ccc(O)cc2)cn1.Cl. The first-order valence-electron chi connectivity index (χ1n) is 17.4. The average Bonchev–Trinajstić information content (AvgIpc) is 3.48. The van der Waals surface area contributed by atoms with Crippen LogP contribution < -0.4 is 14.4 Å². The van der Waals surface area contributed by atoms with Crippen LogP contribution in [-0.2, 0) is 24.8 Å². The molecule has 4 heterocycles. The Labute approximate surface area is 319 Å². The van der Waals surface area contributed by atoms with E-state index in [1.165, 1.54) is 61.3 Å². The number of hydrogen-bond acceptors (Lipinski definition) is 9. The number of carbonyl (C=O) groups excluding carboxylic acids is 2. The Morgan fingerprint density at radius 1 is 0.944 bits per heavy atom. The van der Waals surface area contributed by atoms with E-state index < -0.39 is 11.7 Å². The van der Waals surface area contributed by atoms with Gasteiger partial charge in [-0.25, -0.2) is 14.4 Å². The number of fused-ring (bicyclic) bond motifs is 1. The summed E-state index contributed by atoms with van der Waals surface area (Å²) in [6.07, 6.45) is 3.61. The van der Waals surface area contributed by atoms with Gasteiger partial charge >= 0.3 is 6.01 Å². The summed E-state index contributed by atoms with van der Waals surface area (Å²) in [4.78, 5) is 43.5. The summed E-state index contributed by atoms with van der Waals surface area (Å²) < 4.78 is 33.6. The Kier molecular flexibility index (Phi) is 11.5. The minimum atomic E-state index is -0.638. The van der Waals surface area contributed by atoms with Crippen LogP contribution in [-0.4, -0.2) is 94.4 Å². The van der Waals surface area contributed by atoms with Gasteiger partial charge in [-0.15, -0.1) is 12.4 Å². The molecule has 0 spiro atoms. The molecule has 1 saturated heterocycles. The topological polar surface area (TPSA) is 122 Å². The zero-order valence-electron chi connectivity index (χ0n) is 30.5. The third-order valence-electron chi connectivity index (χ3n) is 10.1. The summed E-state index contributed by atoms with van der Waals surface area (Å²) in [6.45, 7) is 5.68. The maximum absolute atomic E-state index is 15.7. The molecule has 1 N–H and O–H groups in total. The van der Waals surface area contributed by atoms with Gasteiger partial charge in [0.05, 0.1) is 56.6 Å². The van der Waals surface area contributed by atoms with Crippen molar-refractivity contribution in [2.24, 2.45) is 7.05 Å². The first-order chi connectivity index (χ1) is 25.7. The minimum absolute atomic E-state index is 0. The second kappa shape index (κ2) is 16.3. The fraction of sp³-hybridized carbons (Fsp3) is 0.300. The predicted octanol–water partition coefficient (Wildman–Crippen LogP) is 5.95. The van der Waals surface area contributed by atoms with Crippen molar-refractivity contribution < 1.29 is 33.3 Å². The molecule has 7 rings (SSSR count). The number of methoxy groups -OCH3 is 2. The highest BCUT2D eigenvalue weighted by molar-refractivity contribution is 6.12. The fourth-order valence-corrected chi connectivity index (χ4v) is 7.13. The van der Waals surface area contributed by atoms with Crippen LogP contribution in [0.25, 0.3) is 11.3 Å². The Balaban J connectivity index is 0.00000497. The third kappa shape index (κ3) is 7.47. The van der Waals surface area contributed by atoms with Crippen LogP contribution >= 0.6 is 12.4 Å². The molecule has 2 aliphatic rings. The van der Waals surface area contributed by atoms with E-state index in [9.17, 15) is 14.7 Å². The number of anilines is 2. The molecular formula is C40H42ClFN6O6. The van der Waals surface area contributed by atoms with Gasteiger partial charge in [-0.2, -0.15) is 0 Å². The van der Waals surface area contributed by atoms with Gasteiger partial charge in [-0.1, -0.05) is 24.3 Å². The fourth-order valence-electron chi connectivity index (χ4n) is 7.13. The highest BCUT2D eigenvalue weighted by Crippen LogP contribution is 2.37. The first kappa shape index (κ1) is 38.2. The Morgan fingerprint density at radius 3 is 2.30 bits per heavy atom. The van der Waals surface area contributed by atoms with E-state index in [1.54, 1.807) is 36.7 Å². The lowest BCUT2D eigenvalue weighted by Gasteiger charge is -2.40. The molecule has 1 atom stereocenters. The zero-order chi connectivity index (χ0) is 37.2. The second-order valence-electron chi connectivity index (χ2n) is 13.2. The van der Waals surface area contributed by atoms with Gasteiger partial charge in [-0.3, -0.25) is 19.4 Å². The molecule has 0 saturated carbocycles. The van der Waals surface area contributed by atoms with Crippen LogP contribution in [0.4, 0.5) is 15.8 Å². The first-order valence-corrected chi connectivity index (χ1v) is 17.4. The summed E-state index contributed by atoms with van der Waals surface area (Å²) in [5, 5.41) is 9.99. The summed E-state index contributed by atoms with van der Waals surface area (Å²) >= 11 is 0. The van der Waals surface area contributed by atoms with Crippen LogP contribution in [0.3, 0.4) is 0 Å². The summed E-state index contributed by atoms with van der Waals surface area (Å²) in [7, 11) is 4.59. The Hall–Kier alpha value is -5.50. The number of amides is 2. The molecule has 0 aliphatic carbocycles. The van der Waals surface area contributed by atoms with Gasteiger partial charge in [0.15, 0.2) is 11.6 Å². The average molecular weight is 757 g/mol. The van der Waals surface area contributed by atoms with Crippen molar-refractivity contribution in [3.63, 3.8) is 0 Å². The van der Waals surface area contributed by atoms with E-state index in [1.807, 2.05) is 23.1 Å². The molecule has 5 aromatic rings. The van der Waals surface area contributed by atoms with Crippen molar-refractivity contribution in [2.75, 3.05) is 52.0 Å². The summed E-state index contributed by atoms with van der Waals surface area (Å²) in [5.74, 6) is -1.35. The van der Waals surface area contributed by atoms with Crippen molar-refractivity contribution in [1.82, 2.24) is 24.3 Å². The number of ether oxygens (including phenoxy) is 3. The molecule has 3 aromatic carbocycles. The molecule has 2 aromatic heterocycles. The van der Waals surface area contributed by atoms with E-state index >= 15 is 4.39 Å². The highest BCUT2D eigenvalue weighted by Gasteiger charge is 2.35. The number of rotatable bonds is 9. The molecule has 0 bridgehead atoms.